The second-order valence-electron chi connectivity index (χ2n) is 6.20. The van der Waals surface area contributed by atoms with Gasteiger partial charge in [-0.25, -0.2) is 4.79 Å². The molecular weight excluding hydrogens is 318 g/mol. The maximum Gasteiger partial charge on any atom is 0.335 e. The Balaban J connectivity index is 1.41. The molecule has 1 atom stereocenters. The van der Waals surface area contributed by atoms with Crippen LogP contribution >= 0.6 is 0 Å². The van der Waals surface area contributed by atoms with Crippen molar-refractivity contribution in [1.29, 1.82) is 0 Å². The van der Waals surface area contributed by atoms with Gasteiger partial charge in [0.15, 0.2) is 0 Å². The van der Waals surface area contributed by atoms with E-state index in [2.05, 4.69) is 5.32 Å². The lowest BCUT2D eigenvalue weighted by Crippen LogP contribution is -2.16. The number of rotatable bonds is 8. The van der Waals surface area contributed by atoms with E-state index in [0.717, 1.165) is 37.3 Å². The summed E-state index contributed by atoms with van der Waals surface area (Å²) in [7, 11) is 0. The normalized spacial score (nSPS) is 16.7. The summed E-state index contributed by atoms with van der Waals surface area (Å²) in [6.45, 7) is 2.89. The van der Waals surface area contributed by atoms with Crippen molar-refractivity contribution in [3.05, 3.63) is 65.2 Å². The van der Waals surface area contributed by atoms with Gasteiger partial charge in [-0.2, -0.15) is 0 Å². The average molecular weight is 341 g/mol. The zero-order valence-corrected chi connectivity index (χ0v) is 14.1. The van der Waals surface area contributed by atoms with E-state index in [4.69, 9.17) is 14.6 Å². The molecule has 0 aromatic heterocycles. The quantitative estimate of drug-likeness (QED) is 0.771. The molecule has 0 aliphatic carbocycles. The minimum Gasteiger partial charge on any atom is -0.491 e. The average Bonchev–Trinajstić information content (AvgIpc) is 3.15. The van der Waals surface area contributed by atoms with E-state index >= 15 is 0 Å². The third kappa shape index (κ3) is 5.31. The van der Waals surface area contributed by atoms with Crippen LogP contribution in [0.15, 0.2) is 48.5 Å². The van der Waals surface area contributed by atoms with Gasteiger partial charge in [-0.1, -0.05) is 24.3 Å². The molecule has 1 heterocycles. The van der Waals surface area contributed by atoms with Crippen LogP contribution in [0.2, 0.25) is 0 Å². The zero-order chi connectivity index (χ0) is 17.5. The lowest BCUT2D eigenvalue weighted by atomic mass is 10.1. The van der Waals surface area contributed by atoms with E-state index in [1.165, 1.54) is 5.56 Å². The SMILES string of the molecule is O=C(O)c1ccc(CNCc2ccc(OCC3CCCO3)cc2)cc1. The summed E-state index contributed by atoms with van der Waals surface area (Å²) in [5, 5.41) is 12.2. The van der Waals surface area contributed by atoms with Crippen molar-refractivity contribution in [3.63, 3.8) is 0 Å². The largest absolute Gasteiger partial charge is 0.491 e. The summed E-state index contributed by atoms with van der Waals surface area (Å²) >= 11 is 0. The van der Waals surface area contributed by atoms with Crippen LogP contribution in [-0.2, 0) is 17.8 Å². The minimum atomic E-state index is -0.902. The molecule has 1 unspecified atom stereocenters. The Kier molecular flexibility index (Phi) is 6.04. The molecule has 1 saturated heterocycles. The van der Waals surface area contributed by atoms with Gasteiger partial charge in [-0.3, -0.25) is 0 Å². The molecule has 3 rings (SSSR count). The number of ether oxygens (including phenoxy) is 2. The highest BCUT2D eigenvalue weighted by atomic mass is 16.5. The van der Waals surface area contributed by atoms with Gasteiger partial charge in [0.05, 0.1) is 11.7 Å². The van der Waals surface area contributed by atoms with Gasteiger partial charge in [0.25, 0.3) is 0 Å². The first-order chi connectivity index (χ1) is 12.2. The molecule has 2 N–H and O–H groups in total. The highest BCUT2D eigenvalue weighted by Gasteiger charge is 2.15. The van der Waals surface area contributed by atoms with Gasteiger partial charge >= 0.3 is 5.97 Å². The van der Waals surface area contributed by atoms with E-state index in [1.54, 1.807) is 12.1 Å². The molecule has 0 bridgehead atoms. The smallest absolute Gasteiger partial charge is 0.335 e. The summed E-state index contributed by atoms with van der Waals surface area (Å²) < 4.78 is 11.3. The predicted molar refractivity (Wildman–Crippen MR) is 94.9 cm³/mol. The molecule has 0 saturated carbocycles. The molecule has 5 nitrogen and oxygen atoms in total. The first-order valence-corrected chi connectivity index (χ1v) is 8.57. The Bertz CT molecular complexity index is 676. The number of benzene rings is 2. The molecule has 1 aliphatic heterocycles. The van der Waals surface area contributed by atoms with Gasteiger partial charge < -0.3 is 19.9 Å². The van der Waals surface area contributed by atoms with E-state index in [-0.39, 0.29) is 6.10 Å². The van der Waals surface area contributed by atoms with E-state index in [0.29, 0.717) is 18.7 Å². The molecule has 0 radical (unpaired) electrons. The Labute approximate surface area is 147 Å². The molecule has 0 spiro atoms. The van der Waals surface area contributed by atoms with E-state index < -0.39 is 5.97 Å². The van der Waals surface area contributed by atoms with Gasteiger partial charge in [0.1, 0.15) is 12.4 Å². The molecule has 2 aromatic rings. The maximum absolute atomic E-state index is 10.8. The fourth-order valence-corrected chi connectivity index (χ4v) is 2.78. The summed E-state index contributed by atoms with van der Waals surface area (Å²) in [4.78, 5) is 10.8. The number of carboxylic acid groups (broad SMARTS) is 1. The highest BCUT2D eigenvalue weighted by Crippen LogP contribution is 2.16. The van der Waals surface area contributed by atoms with Gasteiger partial charge in [0, 0.05) is 19.7 Å². The Morgan fingerprint density at radius 1 is 1.08 bits per heavy atom. The van der Waals surface area contributed by atoms with Crippen LogP contribution in [0.1, 0.15) is 34.3 Å². The lowest BCUT2D eigenvalue weighted by molar-refractivity contribution is 0.0679. The summed E-state index contributed by atoms with van der Waals surface area (Å²) in [6, 6.07) is 15.0. The van der Waals surface area contributed by atoms with Gasteiger partial charge in [-0.15, -0.1) is 0 Å². The first-order valence-electron chi connectivity index (χ1n) is 8.57. The first kappa shape index (κ1) is 17.5. The summed E-state index contributed by atoms with van der Waals surface area (Å²) in [5.74, 6) is -0.0372. The van der Waals surface area contributed by atoms with Crippen LogP contribution < -0.4 is 10.1 Å². The molecule has 5 heteroatoms. The third-order valence-electron chi connectivity index (χ3n) is 4.24. The molecule has 2 aromatic carbocycles. The topological polar surface area (TPSA) is 67.8 Å². The number of carboxylic acids is 1. The van der Waals surface area contributed by atoms with Crippen LogP contribution in [0.25, 0.3) is 0 Å². The Morgan fingerprint density at radius 2 is 1.72 bits per heavy atom. The standard InChI is InChI=1S/C20H23NO4/c22-20(23)17-7-3-15(4-8-17)12-21-13-16-5-9-18(10-6-16)25-14-19-2-1-11-24-19/h3-10,19,21H,1-2,11-14H2,(H,22,23). The van der Waals surface area contributed by atoms with Gasteiger partial charge in [-0.05, 0) is 48.2 Å². The number of hydrogen-bond acceptors (Lipinski definition) is 4. The van der Waals surface area contributed by atoms with Crippen LogP contribution in [0.5, 0.6) is 5.75 Å². The number of carbonyl (C=O) groups is 1. The van der Waals surface area contributed by atoms with Crippen molar-refractivity contribution in [1.82, 2.24) is 5.32 Å². The lowest BCUT2D eigenvalue weighted by Gasteiger charge is -2.12. The monoisotopic (exact) mass is 341 g/mol. The van der Waals surface area contributed by atoms with Crippen molar-refractivity contribution in [3.8, 4) is 5.75 Å². The number of hydrogen-bond donors (Lipinski definition) is 2. The Hall–Kier alpha value is -2.37. The highest BCUT2D eigenvalue weighted by molar-refractivity contribution is 5.87. The van der Waals surface area contributed by atoms with Crippen molar-refractivity contribution in [2.45, 2.75) is 32.0 Å². The molecule has 1 aliphatic rings. The Morgan fingerprint density at radius 3 is 2.28 bits per heavy atom. The van der Waals surface area contributed by atoms with Crippen molar-refractivity contribution < 1.29 is 19.4 Å². The third-order valence-corrected chi connectivity index (χ3v) is 4.24. The minimum absolute atomic E-state index is 0.230. The van der Waals surface area contributed by atoms with Gasteiger partial charge in [0.2, 0.25) is 0 Å². The maximum atomic E-state index is 10.8. The summed E-state index contributed by atoms with van der Waals surface area (Å²) in [5.41, 5.74) is 2.54. The van der Waals surface area contributed by atoms with Crippen LogP contribution in [0.4, 0.5) is 0 Å². The zero-order valence-electron chi connectivity index (χ0n) is 14.1. The molecule has 0 amide bonds. The van der Waals surface area contributed by atoms with E-state index in [1.807, 2.05) is 36.4 Å². The molecular formula is C20H23NO4. The van der Waals surface area contributed by atoms with Crippen molar-refractivity contribution in [2.24, 2.45) is 0 Å². The predicted octanol–water partition coefficient (Wildman–Crippen LogP) is 3.23. The number of nitrogens with one attached hydrogen (secondary N) is 1. The molecule has 25 heavy (non-hydrogen) atoms. The van der Waals surface area contributed by atoms with Crippen LogP contribution in [0.3, 0.4) is 0 Å². The summed E-state index contributed by atoms with van der Waals surface area (Å²) in [6.07, 6.45) is 2.43. The van der Waals surface area contributed by atoms with Crippen LogP contribution in [-0.4, -0.2) is 30.4 Å². The fraction of sp³-hybridized carbons (Fsp3) is 0.350. The fourth-order valence-electron chi connectivity index (χ4n) is 2.78. The second kappa shape index (κ2) is 8.65. The molecule has 132 valence electrons. The molecule has 1 fully saturated rings. The number of aromatic carboxylic acids is 1. The van der Waals surface area contributed by atoms with Crippen molar-refractivity contribution in [2.75, 3.05) is 13.2 Å². The second-order valence-corrected chi connectivity index (χ2v) is 6.20. The van der Waals surface area contributed by atoms with E-state index in [9.17, 15) is 4.79 Å². The van der Waals surface area contributed by atoms with Crippen molar-refractivity contribution >= 4 is 5.97 Å². The van der Waals surface area contributed by atoms with Crippen LogP contribution in [0, 0.1) is 0 Å².